The first kappa shape index (κ1) is 7.06. The van der Waals surface area contributed by atoms with Crippen LogP contribution in [0.4, 0.5) is 10.1 Å². The average Bonchev–Trinajstić information content (AvgIpc) is 1.95. The summed E-state index contributed by atoms with van der Waals surface area (Å²) in [7, 11) is 1.77. The molecule has 10 heavy (non-hydrogen) atoms. The fraction of sp³-hybridized carbons (Fsp3) is 0.250. The van der Waals surface area contributed by atoms with E-state index in [1.54, 1.807) is 20.0 Å². The fourth-order valence-electron chi connectivity index (χ4n) is 0.748. The van der Waals surface area contributed by atoms with Crippen molar-refractivity contribution in [1.29, 1.82) is 0 Å². The summed E-state index contributed by atoms with van der Waals surface area (Å²) < 4.78 is 12.7. The van der Waals surface area contributed by atoms with E-state index in [-0.39, 0.29) is 5.82 Å². The molecule has 0 atom stereocenters. The molecule has 0 aliphatic heterocycles. The standard InChI is InChI=1S/C8H10FN/c1-6-3-4-7(10-2)5-8(6)9/h3-5,10H,1-2H3. The lowest BCUT2D eigenvalue weighted by atomic mass is 10.2. The van der Waals surface area contributed by atoms with Crippen molar-refractivity contribution in [3.8, 4) is 0 Å². The van der Waals surface area contributed by atoms with Crippen LogP contribution < -0.4 is 5.32 Å². The van der Waals surface area contributed by atoms with Crippen LogP contribution in [-0.2, 0) is 0 Å². The van der Waals surface area contributed by atoms with Crippen LogP contribution in [0.3, 0.4) is 0 Å². The number of hydrogen-bond acceptors (Lipinski definition) is 1. The van der Waals surface area contributed by atoms with Crippen LogP contribution in [0.5, 0.6) is 0 Å². The molecular formula is C8H10FN. The Morgan fingerprint density at radius 3 is 2.60 bits per heavy atom. The molecule has 0 saturated carbocycles. The second kappa shape index (κ2) is 2.69. The number of rotatable bonds is 1. The van der Waals surface area contributed by atoms with Gasteiger partial charge in [0, 0.05) is 12.7 Å². The normalized spacial score (nSPS) is 9.50. The molecule has 1 aromatic carbocycles. The van der Waals surface area contributed by atoms with Gasteiger partial charge < -0.3 is 5.32 Å². The van der Waals surface area contributed by atoms with Gasteiger partial charge in [0.15, 0.2) is 0 Å². The second-order valence-electron chi connectivity index (χ2n) is 2.21. The zero-order valence-electron chi connectivity index (χ0n) is 6.11. The molecule has 54 valence electrons. The van der Waals surface area contributed by atoms with Crippen molar-refractivity contribution >= 4 is 5.69 Å². The maximum atomic E-state index is 12.7. The minimum atomic E-state index is -0.160. The summed E-state index contributed by atoms with van der Waals surface area (Å²) in [6.07, 6.45) is 0. The predicted molar refractivity (Wildman–Crippen MR) is 40.7 cm³/mol. The number of anilines is 1. The van der Waals surface area contributed by atoms with Crippen molar-refractivity contribution in [2.45, 2.75) is 6.92 Å². The van der Waals surface area contributed by atoms with E-state index in [4.69, 9.17) is 0 Å². The Morgan fingerprint density at radius 2 is 2.10 bits per heavy atom. The molecule has 1 nitrogen and oxygen atoms in total. The second-order valence-corrected chi connectivity index (χ2v) is 2.21. The lowest BCUT2D eigenvalue weighted by molar-refractivity contribution is 0.619. The monoisotopic (exact) mass is 139 g/mol. The smallest absolute Gasteiger partial charge is 0.128 e. The van der Waals surface area contributed by atoms with Crippen LogP contribution in [0.25, 0.3) is 0 Å². The molecule has 1 N–H and O–H groups in total. The summed E-state index contributed by atoms with van der Waals surface area (Å²) in [6.45, 7) is 1.74. The van der Waals surface area contributed by atoms with Crippen molar-refractivity contribution in [1.82, 2.24) is 0 Å². The molecule has 1 rings (SSSR count). The highest BCUT2D eigenvalue weighted by Crippen LogP contribution is 2.12. The summed E-state index contributed by atoms with van der Waals surface area (Å²) in [5, 5.41) is 2.86. The summed E-state index contributed by atoms with van der Waals surface area (Å²) in [5.74, 6) is -0.160. The van der Waals surface area contributed by atoms with Crippen LogP contribution >= 0.6 is 0 Å². The molecule has 0 amide bonds. The topological polar surface area (TPSA) is 12.0 Å². The Bertz CT molecular complexity index is 233. The molecule has 0 spiro atoms. The molecule has 0 unspecified atom stereocenters. The molecule has 0 radical (unpaired) electrons. The third-order valence-electron chi connectivity index (χ3n) is 1.46. The Hall–Kier alpha value is -1.05. The summed E-state index contributed by atoms with van der Waals surface area (Å²) >= 11 is 0. The Labute approximate surface area is 59.9 Å². The number of halogens is 1. The van der Waals surface area contributed by atoms with Gasteiger partial charge in [0.25, 0.3) is 0 Å². The van der Waals surface area contributed by atoms with Crippen LogP contribution in [0, 0.1) is 12.7 Å². The Balaban J connectivity index is 3.04. The molecule has 0 aliphatic rings. The Morgan fingerprint density at radius 1 is 1.40 bits per heavy atom. The van der Waals surface area contributed by atoms with E-state index in [0.29, 0.717) is 5.56 Å². The van der Waals surface area contributed by atoms with Crippen molar-refractivity contribution in [3.05, 3.63) is 29.6 Å². The minimum Gasteiger partial charge on any atom is -0.388 e. The van der Waals surface area contributed by atoms with Gasteiger partial charge >= 0.3 is 0 Å². The third kappa shape index (κ3) is 1.26. The molecule has 1 aromatic rings. The zero-order valence-corrected chi connectivity index (χ0v) is 6.11. The molecule has 0 saturated heterocycles. The molecule has 0 bridgehead atoms. The number of benzene rings is 1. The SMILES string of the molecule is CNc1ccc(C)c(F)c1. The van der Waals surface area contributed by atoms with E-state index >= 15 is 0 Å². The van der Waals surface area contributed by atoms with Gasteiger partial charge in [-0.2, -0.15) is 0 Å². The first-order valence-corrected chi connectivity index (χ1v) is 3.18. The minimum absolute atomic E-state index is 0.160. The predicted octanol–water partition coefficient (Wildman–Crippen LogP) is 2.18. The summed E-state index contributed by atoms with van der Waals surface area (Å²) in [6, 6.07) is 5.08. The van der Waals surface area contributed by atoms with Gasteiger partial charge in [-0.3, -0.25) is 0 Å². The highest BCUT2D eigenvalue weighted by Gasteiger charge is 1.95. The van der Waals surface area contributed by atoms with E-state index < -0.39 is 0 Å². The highest BCUT2D eigenvalue weighted by atomic mass is 19.1. The van der Waals surface area contributed by atoms with E-state index in [1.165, 1.54) is 6.07 Å². The molecular weight excluding hydrogens is 129 g/mol. The first-order valence-electron chi connectivity index (χ1n) is 3.18. The molecule has 0 fully saturated rings. The average molecular weight is 139 g/mol. The zero-order chi connectivity index (χ0) is 7.56. The highest BCUT2D eigenvalue weighted by molar-refractivity contribution is 5.44. The third-order valence-corrected chi connectivity index (χ3v) is 1.46. The van der Waals surface area contributed by atoms with E-state index in [2.05, 4.69) is 5.32 Å². The lowest BCUT2D eigenvalue weighted by Crippen LogP contribution is -1.89. The molecule has 0 aromatic heterocycles. The quantitative estimate of drug-likeness (QED) is 0.628. The van der Waals surface area contributed by atoms with Gasteiger partial charge in [-0.05, 0) is 24.6 Å². The molecule has 0 aliphatic carbocycles. The number of nitrogens with one attached hydrogen (secondary N) is 1. The molecule has 0 heterocycles. The Kier molecular flexibility index (Phi) is 1.90. The van der Waals surface area contributed by atoms with Crippen molar-refractivity contribution < 1.29 is 4.39 Å². The number of hydrogen-bond donors (Lipinski definition) is 1. The van der Waals surface area contributed by atoms with Gasteiger partial charge in [0.2, 0.25) is 0 Å². The first-order chi connectivity index (χ1) is 4.74. The summed E-state index contributed by atoms with van der Waals surface area (Å²) in [5.41, 5.74) is 1.49. The van der Waals surface area contributed by atoms with Crippen molar-refractivity contribution in [2.24, 2.45) is 0 Å². The van der Waals surface area contributed by atoms with Crippen LogP contribution in [0.15, 0.2) is 18.2 Å². The van der Waals surface area contributed by atoms with Gasteiger partial charge in [0.1, 0.15) is 5.82 Å². The van der Waals surface area contributed by atoms with Crippen LogP contribution in [0.1, 0.15) is 5.56 Å². The van der Waals surface area contributed by atoms with E-state index in [9.17, 15) is 4.39 Å². The largest absolute Gasteiger partial charge is 0.388 e. The fourth-order valence-corrected chi connectivity index (χ4v) is 0.748. The maximum absolute atomic E-state index is 12.7. The van der Waals surface area contributed by atoms with Gasteiger partial charge in [-0.25, -0.2) is 4.39 Å². The van der Waals surface area contributed by atoms with Crippen LogP contribution in [-0.4, -0.2) is 7.05 Å². The van der Waals surface area contributed by atoms with E-state index in [0.717, 1.165) is 5.69 Å². The van der Waals surface area contributed by atoms with E-state index in [1.807, 2.05) is 6.07 Å². The lowest BCUT2D eigenvalue weighted by Gasteiger charge is -2.00. The van der Waals surface area contributed by atoms with Crippen LogP contribution in [0.2, 0.25) is 0 Å². The van der Waals surface area contributed by atoms with Gasteiger partial charge in [-0.15, -0.1) is 0 Å². The van der Waals surface area contributed by atoms with Gasteiger partial charge in [-0.1, -0.05) is 6.07 Å². The molecule has 2 heteroatoms. The van der Waals surface area contributed by atoms with Crippen molar-refractivity contribution in [2.75, 3.05) is 12.4 Å². The number of aryl methyl sites for hydroxylation is 1. The van der Waals surface area contributed by atoms with Crippen molar-refractivity contribution in [3.63, 3.8) is 0 Å². The maximum Gasteiger partial charge on any atom is 0.128 e. The summed E-state index contributed by atoms with van der Waals surface area (Å²) in [4.78, 5) is 0. The van der Waals surface area contributed by atoms with Gasteiger partial charge in [0.05, 0.1) is 0 Å².